The second kappa shape index (κ2) is 3.94. The molecule has 0 aliphatic heterocycles. The third kappa shape index (κ3) is 1.77. The number of hydrogen-bond donors (Lipinski definition) is 1. The highest BCUT2D eigenvalue weighted by Crippen LogP contribution is 2.65. The Morgan fingerprint density at radius 2 is 2.35 bits per heavy atom. The third-order valence-electron chi connectivity index (χ3n) is 5.07. The maximum Gasteiger partial charge on any atom is 0.159 e. The molecule has 5 atom stereocenters. The van der Waals surface area contributed by atoms with Crippen LogP contribution in [0.25, 0.3) is 0 Å². The summed E-state index contributed by atoms with van der Waals surface area (Å²) in [5.74, 6) is 0.483. The summed E-state index contributed by atoms with van der Waals surface area (Å²) in [4.78, 5) is 11.8. The second-order valence-electron chi connectivity index (χ2n) is 6.11. The molecule has 2 rings (SSSR count). The van der Waals surface area contributed by atoms with Crippen LogP contribution in [0.2, 0.25) is 0 Å². The van der Waals surface area contributed by atoms with Crippen LogP contribution < -0.4 is 0 Å². The lowest BCUT2D eigenvalue weighted by Crippen LogP contribution is -2.44. The minimum absolute atomic E-state index is 0.0231. The van der Waals surface area contributed by atoms with Gasteiger partial charge in [0.1, 0.15) is 0 Å². The minimum atomic E-state index is -0.839. The highest BCUT2D eigenvalue weighted by molar-refractivity contribution is 5.97. The van der Waals surface area contributed by atoms with Crippen LogP contribution in [0.1, 0.15) is 54.7 Å². The maximum absolute atomic E-state index is 11.8. The van der Waals surface area contributed by atoms with Crippen molar-refractivity contribution in [2.24, 2.45) is 17.3 Å². The molecule has 2 nitrogen and oxygen atoms in total. The molecule has 0 spiro atoms. The van der Waals surface area contributed by atoms with Gasteiger partial charge >= 0.3 is 0 Å². The van der Waals surface area contributed by atoms with E-state index in [0.717, 1.165) is 18.4 Å². The molecule has 1 N–H and O–H groups in total. The van der Waals surface area contributed by atoms with Gasteiger partial charge < -0.3 is 5.11 Å². The molecule has 0 bridgehead atoms. The average molecular weight is 237 g/mol. The van der Waals surface area contributed by atoms with Crippen molar-refractivity contribution in [1.82, 2.24) is 0 Å². The number of rotatable bonds is 4. The van der Waals surface area contributed by atoms with Gasteiger partial charge in [0.2, 0.25) is 0 Å². The Morgan fingerprint density at radius 1 is 1.71 bits per heavy atom. The molecule has 1 fully saturated rings. The normalized spacial score (nSPS) is 44.5. The van der Waals surface area contributed by atoms with Crippen molar-refractivity contribution >= 4 is 5.78 Å². The molecule has 0 amide bonds. The van der Waals surface area contributed by atoms with Gasteiger partial charge in [-0.05, 0) is 43.8 Å². The lowest BCUT2D eigenvalue weighted by molar-refractivity contribution is -0.120. The third-order valence-corrected chi connectivity index (χ3v) is 5.07. The number of carbonyl (C=O) groups excluding carboxylic acids is 1. The second-order valence-corrected chi connectivity index (χ2v) is 6.11. The lowest BCUT2D eigenvalue weighted by atomic mass is 9.70. The van der Waals surface area contributed by atoms with Crippen molar-refractivity contribution in [3.05, 3.63) is 11.6 Å². The van der Waals surface area contributed by atoms with E-state index in [1.165, 1.54) is 0 Å². The zero-order valence-corrected chi connectivity index (χ0v) is 11.3. The van der Waals surface area contributed by atoms with Crippen LogP contribution in [0.3, 0.4) is 0 Å². The van der Waals surface area contributed by atoms with E-state index < -0.39 is 5.60 Å². The van der Waals surface area contributed by atoms with Gasteiger partial charge in [0, 0.05) is 12.7 Å². The molecular weight excluding hydrogens is 212 g/mol. The van der Waals surface area contributed by atoms with Crippen LogP contribution in [0.5, 0.6) is 0 Å². The van der Waals surface area contributed by atoms with Crippen molar-refractivity contribution in [2.75, 3.05) is 0 Å². The Morgan fingerprint density at radius 3 is 2.94 bits per heavy atom. The molecule has 1 saturated carbocycles. The van der Waals surface area contributed by atoms with E-state index >= 15 is 0 Å². The molecule has 2 aliphatic rings. The van der Waals surface area contributed by atoms with Gasteiger partial charge in [0.05, 0.1) is 5.60 Å². The maximum atomic E-state index is 11.8. The van der Waals surface area contributed by atoms with Crippen molar-refractivity contribution in [1.29, 1.82) is 0 Å². The summed E-state index contributed by atoms with van der Waals surface area (Å²) in [5, 5.41) is 11.0. The predicted octanol–water partition coefficient (Wildman–Crippen LogP) is 3.10. The number of carbonyl (C=O) groups is 1. The van der Waals surface area contributed by atoms with Gasteiger partial charge in [-0.3, -0.25) is 4.79 Å². The Bertz CT molecular complexity index is 401. The summed E-state index contributed by atoms with van der Waals surface area (Å²) in [7, 11) is 0. The van der Waals surface area contributed by atoms with Crippen LogP contribution >= 0.6 is 0 Å². The lowest BCUT2D eigenvalue weighted by Gasteiger charge is -2.39. The largest absolute Gasteiger partial charge is 0.385 e. The zero-order chi connectivity index (χ0) is 13.7. The van der Waals surface area contributed by atoms with Gasteiger partial charge in [0.25, 0.3) is 0 Å². The van der Waals surface area contributed by atoms with Crippen LogP contribution in [0.4, 0.5) is 0 Å². The van der Waals surface area contributed by atoms with Gasteiger partial charge in [-0.25, -0.2) is 0 Å². The summed E-state index contributed by atoms with van der Waals surface area (Å²) < 4.78 is 7.71. The van der Waals surface area contributed by atoms with Gasteiger partial charge in [-0.2, -0.15) is 0 Å². The Labute approximate surface area is 106 Å². The molecule has 0 aromatic rings. The number of fused-ring (bicyclic) bond motifs is 1. The van der Waals surface area contributed by atoms with E-state index in [9.17, 15) is 9.90 Å². The van der Waals surface area contributed by atoms with E-state index in [0.29, 0.717) is 6.42 Å². The van der Waals surface area contributed by atoms with Crippen molar-refractivity contribution in [3.8, 4) is 0 Å². The SMILES string of the molecule is [2H]C(C)C(C)CCC1(O)C(C)=CC(=O)C2CC21C. The van der Waals surface area contributed by atoms with Gasteiger partial charge in [-0.15, -0.1) is 0 Å². The summed E-state index contributed by atoms with van der Waals surface area (Å²) >= 11 is 0. The zero-order valence-electron chi connectivity index (χ0n) is 12.3. The van der Waals surface area contributed by atoms with Crippen LogP contribution in [-0.2, 0) is 4.79 Å². The molecule has 0 aromatic carbocycles. The van der Waals surface area contributed by atoms with E-state index in [4.69, 9.17) is 1.37 Å². The van der Waals surface area contributed by atoms with Crippen LogP contribution in [0, 0.1) is 17.3 Å². The summed E-state index contributed by atoms with van der Waals surface area (Å²) in [6.07, 6.45) is 3.84. The fourth-order valence-electron chi connectivity index (χ4n) is 3.21. The molecule has 0 saturated heterocycles. The Kier molecular flexibility index (Phi) is 2.66. The predicted molar refractivity (Wildman–Crippen MR) is 68.6 cm³/mol. The summed E-state index contributed by atoms with van der Waals surface area (Å²) in [6.45, 7) is 7.84. The highest BCUT2D eigenvalue weighted by Gasteiger charge is 2.67. The average Bonchev–Trinajstić information content (AvgIpc) is 2.98. The first-order chi connectivity index (χ1) is 8.22. The molecule has 5 unspecified atom stereocenters. The van der Waals surface area contributed by atoms with E-state index in [2.05, 4.69) is 6.92 Å². The van der Waals surface area contributed by atoms with Crippen LogP contribution in [-0.4, -0.2) is 16.5 Å². The molecule has 17 heavy (non-hydrogen) atoms. The monoisotopic (exact) mass is 237 g/mol. The number of allylic oxidation sites excluding steroid dienone is 1. The van der Waals surface area contributed by atoms with Gasteiger partial charge in [0.15, 0.2) is 5.78 Å². The minimum Gasteiger partial charge on any atom is -0.385 e. The molecule has 2 heteroatoms. The van der Waals surface area contributed by atoms with Crippen molar-refractivity contribution < 1.29 is 11.3 Å². The molecule has 96 valence electrons. The van der Waals surface area contributed by atoms with E-state index in [1.54, 1.807) is 6.08 Å². The highest BCUT2D eigenvalue weighted by atomic mass is 16.3. The van der Waals surface area contributed by atoms with Gasteiger partial charge in [-0.1, -0.05) is 27.2 Å². The number of hydrogen-bond acceptors (Lipinski definition) is 2. The molecule has 2 aliphatic carbocycles. The first-order valence-electron chi connectivity index (χ1n) is 7.17. The topological polar surface area (TPSA) is 37.3 Å². The van der Waals surface area contributed by atoms with Crippen molar-refractivity contribution in [2.45, 2.75) is 59.0 Å². The molecule has 0 radical (unpaired) electrons. The quantitative estimate of drug-likeness (QED) is 0.815. The fraction of sp³-hybridized carbons (Fsp3) is 0.800. The Balaban J connectivity index is 2.15. The van der Waals surface area contributed by atoms with Crippen LogP contribution in [0.15, 0.2) is 11.6 Å². The Hall–Kier alpha value is -0.630. The molecule has 0 aromatic heterocycles. The number of aliphatic hydroxyl groups is 1. The van der Waals surface area contributed by atoms with E-state index in [-0.39, 0.29) is 29.4 Å². The molecule has 0 heterocycles. The van der Waals surface area contributed by atoms with Crippen molar-refractivity contribution in [3.63, 3.8) is 0 Å². The number of ketones is 1. The molecular formula is C15H24O2. The summed E-state index contributed by atoms with van der Waals surface area (Å²) in [5.41, 5.74) is -0.281. The summed E-state index contributed by atoms with van der Waals surface area (Å²) in [6, 6.07) is 0. The fourth-order valence-corrected chi connectivity index (χ4v) is 3.21. The first kappa shape index (κ1) is 11.5. The van der Waals surface area contributed by atoms with E-state index in [1.807, 2.05) is 20.8 Å². The standard InChI is InChI=1S/C15H24O2/c1-5-10(2)6-7-15(17)11(3)8-13(16)12-9-14(12,15)4/h8,10,12,17H,5-7,9H2,1-4H3/i5D. The first-order valence-corrected chi connectivity index (χ1v) is 6.59. The smallest absolute Gasteiger partial charge is 0.159 e.